The maximum Gasteiger partial charge on any atom is 0.118 e. The van der Waals surface area contributed by atoms with Crippen molar-refractivity contribution in [2.45, 2.75) is 31.7 Å². The zero-order valence-electron chi connectivity index (χ0n) is 10.6. The number of hydrogen-bond acceptors (Lipinski definition) is 4. The van der Waals surface area contributed by atoms with Gasteiger partial charge in [0.1, 0.15) is 11.5 Å². The summed E-state index contributed by atoms with van der Waals surface area (Å²) in [5, 5.41) is 3.52. The van der Waals surface area contributed by atoms with Gasteiger partial charge in [0.2, 0.25) is 0 Å². The Kier molecular flexibility index (Phi) is 4.95. The number of nitrogens with one attached hydrogen (secondary N) is 1. The molecule has 1 aliphatic rings. The fourth-order valence-electron chi connectivity index (χ4n) is 2.11. The first-order valence-electron chi connectivity index (χ1n) is 6.17. The molecular weight excluding hydrogens is 234 g/mol. The minimum Gasteiger partial charge on any atom is -0.464 e. The van der Waals surface area contributed by atoms with Crippen molar-refractivity contribution in [3.63, 3.8) is 0 Å². The van der Waals surface area contributed by atoms with Crippen molar-refractivity contribution in [3.8, 4) is 0 Å². The van der Waals surface area contributed by atoms with Gasteiger partial charge in [-0.15, -0.1) is 0 Å². The second kappa shape index (κ2) is 6.47. The Morgan fingerprint density at radius 3 is 3.00 bits per heavy atom. The minimum absolute atomic E-state index is 0.492. The summed E-state index contributed by atoms with van der Waals surface area (Å²) >= 11 is 1.78. The van der Waals surface area contributed by atoms with E-state index >= 15 is 0 Å². The molecule has 96 valence electrons. The molecule has 2 rings (SSSR count). The molecule has 0 radical (unpaired) electrons. The summed E-state index contributed by atoms with van der Waals surface area (Å²) in [7, 11) is 0. The van der Waals surface area contributed by atoms with Gasteiger partial charge in [-0.25, -0.2) is 0 Å². The van der Waals surface area contributed by atoms with Crippen LogP contribution in [0, 0.1) is 5.92 Å². The van der Waals surface area contributed by atoms with Crippen molar-refractivity contribution in [2.24, 2.45) is 5.92 Å². The number of thioether (sulfide) groups is 1. The molecule has 0 spiro atoms. The van der Waals surface area contributed by atoms with Gasteiger partial charge in [-0.3, -0.25) is 0 Å². The second-order valence-electron chi connectivity index (χ2n) is 4.59. The monoisotopic (exact) mass is 255 g/mol. The van der Waals surface area contributed by atoms with E-state index in [2.05, 4.69) is 30.6 Å². The Hall–Kier alpha value is -0.450. The van der Waals surface area contributed by atoms with Crippen LogP contribution in [-0.4, -0.2) is 25.5 Å². The van der Waals surface area contributed by atoms with Crippen LogP contribution in [0.1, 0.15) is 24.9 Å². The molecule has 4 heteroatoms. The molecule has 1 saturated heterocycles. The lowest BCUT2D eigenvalue weighted by molar-refractivity contribution is 0.178. The molecule has 0 saturated carbocycles. The van der Waals surface area contributed by atoms with Crippen LogP contribution in [0.25, 0.3) is 0 Å². The lowest BCUT2D eigenvalue weighted by atomic mass is 10.0. The third-order valence-corrected chi connectivity index (χ3v) is 3.85. The van der Waals surface area contributed by atoms with Crippen LogP contribution in [-0.2, 0) is 17.0 Å². The van der Waals surface area contributed by atoms with Crippen LogP contribution in [0.2, 0.25) is 0 Å². The molecule has 2 heterocycles. The molecule has 1 fully saturated rings. The fraction of sp³-hybridized carbons (Fsp3) is 0.692. The molecule has 1 aliphatic heterocycles. The fourth-order valence-corrected chi connectivity index (χ4v) is 2.55. The van der Waals surface area contributed by atoms with Gasteiger partial charge in [0.05, 0.1) is 18.9 Å². The highest BCUT2D eigenvalue weighted by Crippen LogP contribution is 2.17. The highest BCUT2D eigenvalue weighted by molar-refractivity contribution is 7.97. The summed E-state index contributed by atoms with van der Waals surface area (Å²) in [4.78, 5) is 0. The maximum atomic E-state index is 5.72. The van der Waals surface area contributed by atoms with E-state index in [1.807, 2.05) is 0 Å². The number of furan rings is 1. The van der Waals surface area contributed by atoms with E-state index in [1.165, 1.54) is 6.42 Å². The minimum atomic E-state index is 0.492. The average molecular weight is 255 g/mol. The van der Waals surface area contributed by atoms with Crippen molar-refractivity contribution in [1.29, 1.82) is 0 Å². The summed E-state index contributed by atoms with van der Waals surface area (Å²) in [5.41, 5.74) is 0. The predicted octanol–water partition coefficient (Wildman–Crippen LogP) is 2.66. The van der Waals surface area contributed by atoms with Gasteiger partial charge in [0, 0.05) is 12.6 Å². The quantitative estimate of drug-likeness (QED) is 0.847. The Balaban J connectivity index is 1.76. The topological polar surface area (TPSA) is 34.4 Å². The molecule has 0 aromatic carbocycles. The van der Waals surface area contributed by atoms with E-state index in [4.69, 9.17) is 9.15 Å². The van der Waals surface area contributed by atoms with E-state index in [0.29, 0.717) is 12.0 Å². The second-order valence-corrected chi connectivity index (χ2v) is 5.46. The smallest absolute Gasteiger partial charge is 0.118 e. The summed E-state index contributed by atoms with van der Waals surface area (Å²) in [6.07, 6.45) is 3.26. The summed E-state index contributed by atoms with van der Waals surface area (Å²) < 4.78 is 11.1. The summed E-state index contributed by atoms with van der Waals surface area (Å²) in [5.74, 6) is 3.69. The summed E-state index contributed by atoms with van der Waals surface area (Å²) in [6, 6.07) is 4.62. The lowest BCUT2D eigenvalue weighted by Crippen LogP contribution is -2.33. The number of ether oxygens (including phenoxy) is 1. The van der Waals surface area contributed by atoms with Crippen LogP contribution in [0.3, 0.4) is 0 Å². The third-order valence-electron chi connectivity index (χ3n) is 3.27. The van der Waals surface area contributed by atoms with Gasteiger partial charge in [-0.05, 0) is 37.7 Å². The molecule has 1 aromatic heterocycles. The van der Waals surface area contributed by atoms with Crippen molar-refractivity contribution in [3.05, 3.63) is 23.7 Å². The average Bonchev–Trinajstić information content (AvgIpc) is 2.97. The SMILES string of the molecule is CSCc1ccc(CNC(C)C2CCOC2)o1. The number of rotatable bonds is 6. The van der Waals surface area contributed by atoms with Crippen LogP contribution >= 0.6 is 11.8 Å². The van der Waals surface area contributed by atoms with Crippen LogP contribution in [0.5, 0.6) is 0 Å². The van der Waals surface area contributed by atoms with Crippen LogP contribution < -0.4 is 5.32 Å². The Morgan fingerprint density at radius 2 is 2.29 bits per heavy atom. The Bertz CT molecular complexity index is 334. The molecule has 0 bridgehead atoms. The van der Waals surface area contributed by atoms with Gasteiger partial charge >= 0.3 is 0 Å². The van der Waals surface area contributed by atoms with Crippen molar-refractivity contribution in [1.82, 2.24) is 5.32 Å². The van der Waals surface area contributed by atoms with Crippen LogP contribution in [0.4, 0.5) is 0 Å². The molecule has 2 unspecified atom stereocenters. The zero-order valence-corrected chi connectivity index (χ0v) is 11.4. The molecule has 1 N–H and O–H groups in total. The highest BCUT2D eigenvalue weighted by atomic mass is 32.2. The molecule has 0 aliphatic carbocycles. The zero-order chi connectivity index (χ0) is 12.1. The molecule has 1 aromatic rings. The molecule has 17 heavy (non-hydrogen) atoms. The normalized spacial score (nSPS) is 21.9. The van der Waals surface area contributed by atoms with Gasteiger partial charge in [0.25, 0.3) is 0 Å². The Morgan fingerprint density at radius 1 is 1.47 bits per heavy atom. The first-order chi connectivity index (χ1) is 8.29. The molecule has 2 atom stereocenters. The first-order valence-corrected chi connectivity index (χ1v) is 7.56. The van der Waals surface area contributed by atoms with E-state index < -0.39 is 0 Å². The van der Waals surface area contributed by atoms with Gasteiger partial charge in [-0.1, -0.05) is 0 Å². The van der Waals surface area contributed by atoms with Crippen molar-refractivity contribution in [2.75, 3.05) is 19.5 Å². The Labute approximate surface area is 107 Å². The molecule has 0 amide bonds. The van der Waals surface area contributed by atoms with E-state index in [-0.39, 0.29) is 0 Å². The predicted molar refractivity (Wildman–Crippen MR) is 71.2 cm³/mol. The maximum absolute atomic E-state index is 5.72. The molecule has 3 nitrogen and oxygen atoms in total. The van der Waals surface area contributed by atoms with Crippen molar-refractivity contribution < 1.29 is 9.15 Å². The lowest BCUT2D eigenvalue weighted by Gasteiger charge is -2.18. The largest absolute Gasteiger partial charge is 0.464 e. The van der Waals surface area contributed by atoms with E-state index in [0.717, 1.165) is 37.0 Å². The third kappa shape index (κ3) is 3.76. The first kappa shape index (κ1) is 13.0. The van der Waals surface area contributed by atoms with Gasteiger partial charge in [-0.2, -0.15) is 11.8 Å². The van der Waals surface area contributed by atoms with Gasteiger partial charge < -0.3 is 14.5 Å². The van der Waals surface area contributed by atoms with E-state index in [9.17, 15) is 0 Å². The standard InChI is InChI=1S/C13H21NO2S/c1-10(11-5-6-15-8-11)14-7-12-3-4-13(16-12)9-17-2/h3-4,10-11,14H,5-9H2,1-2H3. The highest BCUT2D eigenvalue weighted by Gasteiger charge is 2.21. The van der Waals surface area contributed by atoms with Crippen LogP contribution in [0.15, 0.2) is 16.5 Å². The molecular formula is C13H21NO2S. The van der Waals surface area contributed by atoms with Crippen molar-refractivity contribution >= 4 is 11.8 Å². The number of hydrogen-bond donors (Lipinski definition) is 1. The summed E-state index contributed by atoms with van der Waals surface area (Å²) in [6.45, 7) is 4.84. The van der Waals surface area contributed by atoms with E-state index in [1.54, 1.807) is 11.8 Å². The van der Waals surface area contributed by atoms with Gasteiger partial charge in [0.15, 0.2) is 0 Å².